The first-order chi connectivity index (χ1) is 13.7. The fourth-order valence-electron chi connectivity index (χ4n) is 3.38. The Kier molecular flexibility index (Phi) is 4.65. The third-order valence-electron chi connectivity index (χ3n) is 4.78. The number of methoxy groups -OCH3 is 3. The van der Waals surface area contributed by atoms with Gasteiger partial charge in [-0.25, -0.2) is 4.98 Å². The number of fused-ring (bicyclic) bond motifs is 1. The predicted molar refractivity (Wildman–Crippen MR) is 111 cm³/mol. The molecule has 4 aromatic rings. The Morgan fingerprint density at radius 3 is 2.04 bits per heavy atom. The molecular weight excluding hydrogens is 352 g/mol. The summed E-state index contributed by atoms with van der Waals surface area (Å²) in [6, 6.07) is 20.3. The lowest BCUT2D eigenvalue weighted by molar-refractivity contribution is 0.324. The Balaban J connectivity index is 2.03. The number of aryl methyl sites for hydroxylation is 1. The van der Waals surface area contributed by atoms with Crippen LogP contribution in [0.1, 0.15) is 5.56 Å². The molecule has 0 bridgehead atoms. The van der Waals surface area contributed by atoms with E-state index in [1.54, 1.807) is 21.3 Å². The molecule has 0 atom stereocenters. The van der Waals surface area contributed by atoms with Gasteiger partial charge in [0.2, 0.25) is 5.75 Å². The first-order valence-corrected chi connectivity index (χ1v) is 9.01. The van der Waals surface area contributed by atoms with Gasteiger partial charge < -0.3 is 14.2 Å². The molecule has 0 N–H and O–H groups in total. The molecular formula is C23H22N2O3. The van der Waals surface area contributed by atoms with Crippen molar-refractivity contribution in [1.29, 1.82) is 0 Å². The first kappa shape index (κ1) is 17.9. The number of imidazole rings is 1. The van der Waals surface area contributed by atoms with E-state index in [9.17, 15) is 0 Å². The van der Waals surface area contributed by atoms with Gasteiger partial charge in [-0.3, -0.25) is 4.57 Å². The van der Waals surface area contributed by atoms with Gasteiger partial charge in [0.15, 0.2) is 11.5 Å². The van der Waals surface area contributed by atoms with E-state index in [2.05, 4.69) is 41.8 Å². The van der Waals surface area contributed by atoms with Crippen LogP contribution in [0, 0.1) is 6.92 Å². The monoisotopic (exact) mass is 374 g/mol. The van der Waals surface area contributed by atoms with E-state index in [-0.39, 0.29) is 0 Å². The summed E-state index contributed by atoms with van der Waals surface area (Å²) in [7, 11) is 4.84. The highest BCUT2D eigenvalue weighted by atomic mass is 16.5. The smallest absolute Gasteiger partial charge is 0.203 e. The van der Waals surface area contributed by atoms with Crippen molar-refractivity contribution in [2.45, 2.75) is 6.92 Å². The topological polar surface area (TPSA) is 45.5 Å². The largest absolute Gasteiger partial charge is 0.493 e. The van der Waals surface area contributed by atoms with Gasteiger partial charge >= 0.3 is 0 Å². The zero-order chi connectivity index (χ0) is 19.7. The summed E-state index contributed by atoms with van der Waals surface area (Å²) in [5.74, 6) is 2.62. The Labute approximate surface area is 164 Å². The minimum absolute atomic E-state index is 0.565. The van der Waals surface area contributed by atoms with Crippen molar-refractivity contribution >= 4 is 11.0 Å². The molecule has 0 aliphatic carbocycles. The number of aromatic nitrogens is 2. The average molecular weight is 374 g/mol. The zero-order valence-corrected chi connectivity index (χ0v) is 16.4. The molecule has 28 heavy (non-hydrogen) atoms. The van der Waals surface area contributed by atoms with Crippen molar-refractivity contribution in [2.24, 2.45) is 0 Å². The lowest BCUT2D eigenvalue weighted by atomic mass is 10.1. The average Bonchev–Trinajstić information content (AvgIpc) is 3.12. The Morgan fingerprint density at radius 1 is 0.786 bits per heavy atom. The molecule has 5 nitrogen and oxygen atoms in total. The molecule has 0 fully saturated rings. The highest BCUT2D eigenvalue weighted by Crippen LogP contribution is 2.41. The van der Waals surface area contributed by atoms with Crippen molar-refractivity contribution in [3.63, 3.8) is 0 Å². The van der Waals surface area contributed by atoms with E-state index < -0.39 is 0 Å². The van der Waals surface area contributed by atoms with E-state index in [1.807, 2.05) is 30.3 Å². The van der Waals surface area contributed by atoms with Gasteiger partial charge in [-0.15, -0.1) is 0 Å². The highest BCUT2D eigenvalue weighted by Gasteiger charge is 2.19. The van der Waals surface area contributed by atoms with Gasteiger partial charge in [-0.05, 0) is 19.1 Å². The molecule has 0 unspecified atom stereocenters. The van der Waals surface area contributed by atoms with Gasteiger partial charge in [0.25, 0.3) is 0 Å². The maximum Gasteiger partial charge on any atom is 0.203 e. The molecule has 0 saturated carbocycles. The van der Waals surface area contributed by atoms with Crippen LogP contribution in [0.15, 0.2) is 60.7 Å². The number of ether oxygens (including phenoxy) is 3. The standard InChI is InChI=1S/C23H22N2O3/c1-15-9-11-16(12-10-15)23-24-18-7-5-6-8-19(18)25(23)17-13-20(26-2)22(28-4)21(14-17)27-3/h5-14H,1-4H3. The summed E-state index contributed by atoms with van der Waals surface area (Å²) in [5.41, 5.74) is 5.06. The number of benzene rings is 3. The van der Waals surface area contributed by atoms with Crippen molar-refractivity contribution in [3.05, 3.63) is 66.2 Å². The highest BCUT2D eigenvalue weighted by molar-refractivity contribution is 5.83. The molecule has 0 spiro atoms. The van der Waals surface area contributed by atoms with Gasteiger partial charge in [0.05, 0.1) is 38.1 Å². The van der Waals surface area contributed by atoms with E-state index in [0.717, 1.165) is 28.1 Å². The summed E-state index contributed by atoms with van der Waals surface area (Å²) in [6.45, 7) is 2.08. The van der Waals surface area contributed by atoms with Crippen LogP contribution in [0.3, 0.4) is 0 Å². The summed E-state index contributed by atoms with van der Waals surface area (Å²) in [4.78, 5) is 4.89. The fourth-order valence-corrected chi connectivity index (χ4v) is 3.38. The molecule has 3 aromatic carbocycles. The Hall–Kier alpha value is -3.47. The maximum absolute atomic E-state index is 5.55. The van der Waals surface area contributed by atoms with Crippen molar-refractivity contribution in [1.82, 2.24) is 9.55 Å². The van der Waals surface area contributed by atoms with E-state index in [1.165, 1.54) is 5.56 Å². The van der Waals surface area contributed by atoms with Crippen molar-refractivity contribution < 1.29 is 14.2 Å². The van der Waals surface area contributed by atoms with Crippen LogP contribution in [-0.4, -0.2) is 30.9 Å². The number of hydrogen-bond acceptors (Lipinski definition) is 4. The summed E-state index contributed by atoms with van der Waals surface area (Å²) in [6.07, 6.45) is 0. The molecule has 0 aliphatic rings. The Bertz CT molecular complexity index is 1110. The minimum Gasteiger partial charge on any atom is -0.493 e. The molecule has 5 heteroatoms. The number of hydrogen-bond donors (Lipinski definition) is 0. The SMILES string of the molecule is COc1cc(-n2c(-c3ccc(C)cc3)nc3ccccc32)cc(OC)c1OC. The first-order valence-electron chi connectivity index (χ1n) is 9.01. The van der Waals surface area contributed by atoms with Crippen molar-refractivity contribution in [2.75, 3.05) is 21.3 Å². The van der Waals surface area contributed by atoms with Crippen LogP contribution in [0.25, 0.3) is 28.1 Å². The summed E-state index contributed by atoms with van der Waals surface area (Å²) in [5, 5.41) is 0. The molecule has 142 valence electrons. The normalized spacial score (nSPS) is 10.9. The second kappa shape index (κ2) is 7.27. The molecule has 0 aliphatic heterocycles. The van der Waals surface area contributed by atoms with Gasteiger partial charge in [-0.2, -0.15) is 0 Å². The molecule has 0 radical (unpaired) electrons. The maximum atomic E-state index is 5.55. The lowest BCUT2D eigenvalue weighted by Crippen LogP contribution is -2.01. The van der Waals surface area contributed by atoms with Crippen molar-refractivity contribution in [3.8, 4) is 34.3 Å². The van der Waals surface area contributed by atoms with Crippen LogP contribution in [-0.2, 0) is 0 Å². The second-order valence-electron chi connectivity index (χ2n) is 6.51. The molecule has 1 heterocycles. The molecule has 4 rings (SSSR count). The fraction of sp³-hybridized carbons (Fsp3) is 0.174. The lowest BCUT2D eigenvalue weighted by Gasteiger charge is -2.16. The van der Waals surface area contributed by atoms with Crippen LogP contribution >= 0.6 is 0 Å². The third-order valence-corrected chi connectivity index (χ3v) is 4.78. The van der Waals surface area contributed by atoms with Gasteiger partial charge in [0.1, 0.15) is 5.82 Å². The van der Waals surface area contributed by atoms with E-state index in [4.69, 9.17) is 19.2 Å². The summed E-state index contributed by atoms with van der Waals surface area (Å²) < 4.78 is 18.7. The van der Waals surface area contributed by atoms with E-state index >= 15 is 0 Å². The third kappa shape index (κ3) is 2.95. The van der Waals surface area contributed by atoms with Gasteiger partial charge in [-0.1, -0.05) is 42.0 Å². The Morgan fingerprint density at radius 2 is 1.43 bits per heavy atom. The molecule has 0 saturated heterocycles. The molecule has 0 amide bonds. The van der Waals surface area contributed by atoms with Crippen LogP contribution in [0.5, 0.6) is 17.2 Å². The molecule has 1 aromatic heterocycles. The predicted octanol–water partition coefficient (Wildman–Crippen LogP) is 5.03. The number of rotatable bonds is 5. The zero-order valence-electron chi connectivity index (χ0n) is 16.4. The number of nitrogens with zero attached hydrogens (tertiary/aromatic N) is 2. The van der Waals surface area contributed by atoms with Crippen LogP contribution in [0.2, 0.25) is 0 Å². The second-order valence-corrected chi connectivity index (χ2v) is 6.51. The minimum atomic E-state index is 0.565. The van der Waals surface area contributed by atoms with Crippen LogP contribution in [0.4, 0.5) is 0 Å². The van der Waals surface area contributed by atoms with E-state index in [0.29, 0.717) is 17.2 Å². The van der Waals surface area contributed by atoms with Gasteiger partial charge in [0, 0.05) is 17.7 Å². The van der Waals surface area contributed by atoms with Crippen LogP contribution < -0.4 is 14.2 Å². The summed E-state index contributed by atoms with van der Waals surface area (Å²) >= 11 is 0. The number of para-hydroxylation sites is 2. The quantitative estimate of drug-likeness (QED) is 0.492.